The van der Waals surface area contributed by atoms with Crippen LogP contribution in [0.2, 0.25) is 0 Å². The van der Waals surface area contributed by atoms with Crippen LogP contribution in [0.3, 0.4) is 0 Å². The number of benzene rings is 1. The van der Waals surface area contributed by atoms with Crippen molar-refractivity contribution in [1.29, 1.82) is 5.26 Å². The average molecular weight is 318 g/mol. The molecule has 0 amide bonds. The lowest BCUT2D eigenvalue weighted by Crippen LogP contribution is -2.51. The molecule has 1 N–H and O–H groups in total. The molecule has 1 saturated heterocycles. The van der Waals surface area contributed by atoms with Crippen molar-refractivity contribution in [3.8, 4) is 6.07 Å². The quantitative estimate of drug-likeness (QED) is 0.921. The Labute approximate surface area is 143 Å². The van der Waals surface area contributed by atoms with Gasteiger partial charge in [0, 0.05) is 37.5 Å². The summed E-state index contributed by atoms with van der Waals surface area (Å²) in [5, 5.41) is 12.7. The van der Waals surface area contributed by atoms with Crippen molar-refractivity contribution >= 4 is 5.82 Å². The lowest BCUT2D eigenvalue weighted by atomic mass is 10.00. The summed E-state index contributed by atoms with van der Waals surface area (Å²) in [6.07, 6.45) is 1.26. The number of aryl methyl sites for hydroxylation is 1. The number of rotatable bonds is 5. The molecular formula is C20H22N4. The van der Waals surface area contributed by atoms with Gasteiger partial charge in [-0.2, -0.15) is 5.26 Å². The number of hydrogen-bond acceptors (Lipinski definition) is 4. The molecule has 122 valence electrons. The van der Waals surface area contributed by atoms with E-state index in [2.05, 4.69) is 51.6 Å². The van der Waals surface area contributed by atoms with Crippen LogP contribution in [-0.2, 0) is 0 Å². The van der Waals surface area contributed by atoms with Crippen molar-refractivity contribution in [2.24, 2.45) is 5.92 Å². The van der Waals surface area contributed by atoms with Gasteiger partial charge in [-0.3, -0.25) is 0 Å². The van der Waals surface area contributed by atoms with Crippen molar-refractivity contribution in [3.63, 3.8) is 0 Å². The van der Waals surface area contributed by atoms with Gasteiger partial charge in [0.1, 0.15) is 11.9 Å². The number of nitriles is 1. The molecule has 0 spiro atoms. The molecule has 4 nitrogen and oxygen atoms in total. The molecule has 0 unspecified atom stereocenters. The topological polar surface area (TPSA) is 52.0 Å². The molecule has 1 saturated carbocycles. The first kappa shape index (κ1) is 15.2. The number of aromatic nitrogens is 1. The Bertz CT molecular complexity index is 759. The highest BCUT2D eigenvalue weighted by Crippen LogP contribution is 2.40. The smallest absolute Gasteiger partial charge is 0.128 e. The summed E-state index contributed by atoms with van der Waals surface area (Å²) in [4.78, 5) is 6.84. The third-order valence-electron chi connectivity index (χ3n) is 5.16. The van der Waals surface area contributed by atoms with Gasteiger partial charge in [-0.25, -0.2) is 4.98 Å². The molecule has 1 aromatic heterocycles. The lowest BCUT2D eigenvalue weighted by Gasteiger charge is -2.40. The van der Waals surface area contributed by atoms with Gasteiger partial charge in [0.15, 0.2) is 0 Å². The normalized spacial score (nSPS) is 22.8. The Balaban J connectivity index is 1.23. The van der Waals surface area contributed by atoms with Gasteiger partial charge in [0.25, 0.3) is 0 Å². The number of nitrogens with one attached hydrogen (secondary N) is 1. The van der Waals surface area contributed by atoms with Crippen molar-refractivity contribution in [2.75, 3.05) is 24.5 Å². The minimum atomic E-state index is 0.650. The lowest BCUT2D eigenvalue weighted by molar-refractivity contribution is 0.380. The SMILES string of the molecule is Cc1nc(N2CC(CN[C@@H]3C[C@H]3c3ccccc3)C2)ccc1C#N. The highest BCUT2D eigenvalue weighted by molar-refractivity contribution is 5.47. The van der Waals surface area contributed by atoms with E-state index in [9.17, 15) is 0 Å². The van der Waals surface area contributed by atoms with Gasteiger partial charge in [-0.05, 0) is 31.0 Å². The summed E-state index contributed by atoms with van der Waals surface area (Å²) in [7, 11) is 0. The van der Waals surface area contributed by atoms with E-state index in [1.54, 1.807) is 0 Å². The molecule has 2 heterocycles. The van der Waals surface area contributed by atoms with Crippen LogP contribution in [0.4, 0.5) is 5.82 Å². The van der Waals surface area contributed by atoms with Gasteiger partial charge in [0.2, 0.25) is 0 Å². The molecule has 1 aliphatic carbocycles. The summed E-state index contributed by atoms with van der Waals surface area (Å²) in [6, 6.07) is 17.5. The van der Waals surface area contributed by atoms with Gasteiger partial charge >= 0.3 is 0 Å². The molecule has 2 aromatic rings. The molecule has 4 heteroatoms. The van der Waals surface area contributed by atoms with E-state index in [1.165, 1.54) is 12.0 Å². The Morgan fingerprint density at radius 3 is 2.71 bits per heavy atom. The summed E-state index contributed by atoms with van der Waals surface area (Å²) >= 11 is 0. The van der Waals surface area contributed by atoms with E-state index in [0.717, 1.165) is 31.1 Å². The molecule has 0 radical (unpaired) electrons. The van der Waals surface area contributed by atoms with Crippen molar-refractivity contribution in [3.05, 3.63) is 59.3 Å². The molecular weight excluding hydrogens is 296 g/mol. The van der Waals surface area contributed by atoms with Crippen LogP contribution in [-0.4, -0.2) is 30.7 Å². The first-order chi connectivity index (χ1) is 11.7. The number of nitrogens with zero attached hydrogens (tertiary/aromatic N) is 3. The Morgan fingerprint density at radius 1 is 1.21 bits per heavy atom. The first-order valence-corrected chi connectivity index (χ1v) is 8.65. The van der Waals surface area contributed by atoms with E-state index < -0.39 is 0 Å². The zero-order valence-corrected chi connectivity index (χ0v) is 13.9. The summed E-state index contributed by atoms with van der Waals surface area (Å²) in [6.45, 7) is 5.08. The molecule has 1 aliphatic heterocycles. The maximum absolute atomic E-state index is 8.98. The van der Waals surface area contributed by atoms with Crippen LogP contribution in [0.1, 0.15) is 29.2 Å². The second kappa shape index (κ2) is 6.26. The fraction of sp³-hybridized carbons (Fsp3) is 0.400. The van der Waals surface area contributed by atoms with Crippen LogP contribution in [0.5, 0.6) is 0 Å². The summed E-state index contributed by atoms with van der Waals surface area (Å²) in [5.41, 5.74) is 2.95. The van der Waals surface area contributed by atoms with Crippen LogP contribution in [0.25, 0.3) is 0 Å². The molecule has 1 aromatic carbocycles. The van der Waals surface area contributed by atoms with E-state index in [4.69, 9.17) is 5.26 Å². The standard InChI is InChI=1S/C20H22N4/c1-14-17(10-21)7-8-20(23-14)24-12-15(13-24)11-22-19-9-18(19)16-5-3-2-4-6-16/h2-8,15,18-19,22H,9,11-13H2,1H3/t18-,19+/m0/s1. The van der Waals surface area contributed by atoms with Crippen LogP contribution in [0.15, 0.2) is 42.5 Å². The van der Waals surface area contributed by atoms with E-state index >= 15 is 0 Å². The summed E-state index contributed by atoms with van der Waals surface area (Å²) < 4.78 is 0. The maximum Gasteiger partial charge on any atom is 0.128 e. The van der Waals surface area contributed by atoms with Gasteiger partial charge < -0.3 is 10.2 Å². The molecule has 0 bridgehead atoms. The van der Waals surface area contributed by atoms with Crippen LogP contribution in [0, 0.1) is 24.2 Å². The van der Waals surface area contributed by atoms with Crippen molar-refractivity contribution < 1.29 is 0 Å². The second-order valence-electron chi connectivity index (χ2n) is 6.95. The van der Waals surface area contributed by atoms with Gasteiger partial charge in [-0.15, -0.1) is 0 Å². The monoisotopic (exact) mass is 318 g/mol. The van der Waals surface area contributed by atoms with Gasteiger partial charge in [-0.1, -0.05) is 30.3 Å². The molecule has 2 fully saturated rings. The Hall–Kier alpha value is -2.38. The van der Waals surface area contributed by atoms with Gasteiger partial charge in [0.05, 0.1) is 11.3 Å². The second-order valence-corrected chi connectivity index (χ2v) is 6.95. The predicted octanol–water partition coefficient (Wildman–Crippen LogP) is 2.84. The maximum atomic E-state index is 8.98. The zero-order valence-electron chi connectivity index (χ0n) is 13.9. The van der Waals surface area contributed by atoms with E-state index in [-0.39, 0.29) is 0 Å². The molecule has 4 rings (SSSR count). The van der Waals surface area contributed by atoms with Crippen LogP contribution >= 0.6 is 0 Å². The highest BCUT2D eigenvalue weighted by Gasteiger charge is 2.39. The third-order valence-corrected chi connectivity index (χ3v) is 5.16. The minimum absolute atomic E-state index is 0.650. The number of pyridine rings is 1. The van der Waals surface area contributed by atoms with E-state index in [1.807, 2.05) is 19.1 Å². The molecule has 2 atom stereocenters. The van der Waals surface area contributed by atoms with E-state index in [0.29, 0.717) is 23.4 Å². The largest absolute Gasteiger partial charge is 0.356 e. The van der Waals surface area contributed by atoms with Crippen molar-refractivity contribution in [1.82, 2.24) is 10.3 Å². The first-order valence-electron chi connectivity index (χ1n) is 8.65. The minimum Gasteiger partial charge on any atom is -0.356 e. The number of hydrogen-bond donors (Lipinski definition) is 1. The number of anilines is 1. The Morgan fingerprint density at radius 2 is 2.00 bits per heavy atom. The zero-order chi connectivity index (χ0) is 16.5. The molecule has 24 heavy (non-hydrogen) atoms. The Kier molecular flexibility index (Phi) is 3.95. The molecule has 2 aliphatic rings. The van der Waals surface area contributed by atoms with Crippen LogP contribution < -0.4 is 10.2 Å². The summed E-state index contributed by atoms with van der Waals surface area (Å²) in [5.74, 6) is 2.39. The highest BCUT2D eigenvalue weighted by atomic mass is 15.2. The van der Waals surface area contributed by atoms with Crippen molar-refractivity contribution in [2.45, 2.75) is 25.3 Å². The fourth-order valence-electron chi connectivity index (χ4n) is 3.54. The predicted molar refractivity (Wildman–Crippen MR) is 95.0 cm³/mol. The fourth-order valence-corrected chi connectivity index (χ4v) is 3.54. The average Bonchev–Trinajstić information content (AvgIpc) is 3.34. The third kappa shape index (κ3) is 3.00.